The molecule has 0 saturated heterocycles. The Labute approximate surface area is 122 Å². The fraction of sp³-hybridized carbons (Fsp3) is 0.333. The summed E-state index contributed by atoms with van der Waals surface area (Å²) in [5.41, 5.74) is 0.173. The van der Waals surface area contributed by atoms with Crippen molar-refractivity contribution in [3.63, 3.8) is 0 Å². The molecular formula is C12H16N2O6S. The number of hydrogen-bond donors (Lipinski definition) is 2. The maximum absolute atomic E-state index is 11.7. The van der Waals surface area contributed by atoms with Gasteiger partial charge >= 0.3 is 5.97 Å². The van der Waals surface area contributed by atoms with Crippen molar-refractivity contribution < 1.29 is 27.5 Å². The SMILES string of the molecule is COC(=O)c1cc(NC(C)=O)c(OC)cc1NS(C)(=O)=O. The van der Waals surface area contributed by atoms with E-state index in [1.54, 1.807) is 0 Å². The molecule has 0 aliphatic heterocycles. The number of esters is 1. The standard InChI is InChI=1S/C12H16N2O6S/c1-7(15)13-10-5-8(12(16)20-3)9(6-11(10)19-2)14-21(4,17)18/h5-6,14H,1-4H3,(H,13,15). The van der Waals surface area contributed by atoms with Crippen LogP contribution in [0.4, 0.5) is 11.4 Å². The number of amides is 1. The summed E-state index contributed by atoms with van der Waals surface area (Å²) in [5.74, 6) is -0.924. The largest absolute Gasteiger partial charge is 0.494 e. The quantitative estimate of drug-likeness (QED) is 0.778. The van der Waals surface area contributed by atoms with Gasteiger partial charge in [0.25, 0.3) is 0 Å². The third-order valence-corrected chi connectivity index (χ3v) is 2.94. The summed E-state index contributed by atoms with van der Waals surface area (Å²) in [6.45, 7) is 1.29. The molecule has 21 heavy (non-hydrogen) atoms. The van der Waals surface area contributed by atoms with Gasteiger partial charge in [0, 0.05) is 13.0 Å². The fourth-order valence-electron chi connectivity index (χ4n) is 1.60. The third kappa shape index (κ3) is 4.63. The smallest absolute Gasteiger partial charge is 0.340 e. The number of methoxy groups -OCH3 is 2. The van der Waals surface area contributed by atoms with Gasteiger partial charge in [-0.3, -0.25) is 9.52 Å². The highest BCUT2D eigenvalue weighted by Crippen LogP contribution is 2.32. The van der Waals surface area contributed by atoms with E-state index in [1.165, 1.54) is 26.2 Å². The van der Waals surface area contributed by atoms with E-state index in [0.717, 1.165) is 13.4 Å². The molecule has 1 aromatic rings. The summed E-state index contributed by atoms with van der Waals surface area (Å²) in [6, 6.07) is 2.57. The summed E-state index contributed by atoms with van der Waals surface area (Å²) < 4.78 is 34.6. The van der Waals surface area contributed by atoms with Gasteiger partial charge < -0.3 is 14.8 Å². The normalized spacial score (nSPS) is 10.7. The zero-order valence-corrected chi connectivity index (χ0v) is 12.8. The number of nitrogens with one attached hydrogen (secondary N) is 2. The van der Waals surface area contributed by atoms with Gasteiger partial charge in [-0.05, 0) is 6.07 Å². The first kappa shape index (κ1) is 16.8. The molecule has 9 heteroatoms. The van der Waals surface area contributed by atoms with Crippen molar-refractivity contribution in [3.8, 4) is 5.75 Å². The topological polar surface area (TPSA) is 111 Å². The molecule has 0 aliphatic rings. The number of rotatable bonds is 5. The zero-order valence-electron chi connectivity index (χ0n) is 12.0. The molecule has 0 unspecified atom stereocenters. The molecular weight excluding hydrogens is 300 g/mol. The van der Waals surface area contributed by atoms with Crippen molar-refractivity contribution in [2.24, 2.45) is 0 Å². The minimum Gasteiger partial charge on any atom is -0.494 e. The molecule has 0 radical (unpaired) electrons. The lowest BCUT2D eigenvalue weighted by atomic mass is 10.1. The highest BCUT2D eigenvalue weighted by atomic mass is 32.2. The zero-order chi connectivity index (χ0) is 16.2. The number of ether oxygens (including phenoxy) is 2. The predicted octanol–water partition coefficient (Wildman–Crippen LogP) is 0.812. The molecule has 1 rings (SSSR count). The number of benzene rings is 1. The summed E-state index contributed by atoms with van der Waals surface area (Å²) in [7, 11) is -1.09. The first-order valence-electron chi connectivity index (χ1n) is 5.73. The number of sulfonamides is 1. The van der Waals surface area contributed by atoms with Crippen LogP contribution >= 0.6 is 0 Å². The van der Waals surface area contributed by atoms with Crippen molar-refractivity contribution in [3.05, 3.63) is 17.7 Å². The van der Waals surface area contributed by atoms with E-state index in [2.05, 4.69) is 14.8 Å². The van der Waals surface area contributed by atoms with Gasteiger partial charge in [-0.15, -0.1) is 0 Å². The van der Waals surface area contributed by atoms with E-state index in [0.29, 0.717) is 0 Å². The highest BCUT2D eigenvalue weighted by Gasteiger charge is 2.19. The van der Waals surface area contributed by atoms with Gasteiger partial charge in [-0.25, -0.2) is 13.2 Å². The van der Waals surface area contributed by atoms with Crippen LogP contribution in [-0.4, -0.2) is 40.8 Å². The van der Waals surface area contributed by atoms with Crippen LogP contribution in [0.15, 0.2) is 12.1 Å². The Kier molecular flexibility index (Phi) is 5.14. The first-order valence-corrected chi connectivity index (χ1v) is 7.62. The Bertz CT molecular complexity index is 669. The Morgan fingerprint density at radius 2 is 1.76 bits per heavy atom. The summed E-state index contributed by atoms with van der Waals surface area (Å²) in [6.07, 6.45) is 0.947. The molecule has 0 fully saturated rings. The van der Waals surface area contributed by atoms with Crippen molar-refractivity contribution in [2.75, 3.05) is 30.5 Å². The van der Waals surface area contributed by atoms with E-state index in [1.807, 2.05) is 0 Å². The van der Waals surface area contributed by atoms with Crippen LogP contribution in [0.3, 0.4) is 0 Å². The van der Waals surface area contributed by atoms with Gasteiger partial charge in [-0.2, -0.15) is 0 Å². The minimum atomic E-state index is -3.60. The Morgan fingerprint density at radius 1 is 1.14 bits per heavy atom. The van der Waals surface area contributed by atoms with E-state index in [-0.39, 0.29) is 28.6 Å². The molecule has 0 heterocycles. The van der Waals surface area contributed by atoms with Crippen LogP contribution in [0.1, 0.15) is 17.3 Å². The molecule has 1 aromatic carbocycles. The van der Waals surface area contributed by atoms with Gasteiger partial charge in [0.05, 0.1) is 37.4 Å². The van der Waals surface area contributed by atoms with Crippen molar-refractivity contribution in [1.29, 1.82) is 0 Å². The van der Waals surface area contributed by atoms with Crippen LogP contribution in [-0.2, 0) is 19.6 Å². The number of anilines is 2. The number of carbonyl (C=O) groups excluding carboxylic acids is 2. The van der Waals surface area contributed by atoms with E-state index in [9.17, 15) is 18.0 Å². The van der Waals surface area contributed by atoms with Crippen LogP contribution in [0.2, 0.25) is 0 Å². The average molecular weight is 316 g/mol. The molecule has 0 atom stereocenters. The van der Waals surface area contributed by atoms with E-state index in [4.69, 9.17) is 4.74 Å². The maximum Gasteiger partial charge on any atom is 0.340 e. The lowest BCUT2D eigenvalue weighted by Gasteiger charge is -2.15. The number of carbonyl (C=O) groups is 2. The highest BCUT2D eigenvalue weighted by molar-refractivity contribution is 7.92. The van der Waals surface area contributed by atoms with Crippen molar-refractivity contribution in [2.45, 2.75) is 6.92 Å². The minimum absolute atomic E-state index is 0.00435. The van der Waals surface area contributed by atoms with E-state index < -0.39 is 16.0 Å². The molecule has 0 aromatic heterocycles. The van der Waals surface area contributed by atoms with Crippen LogP contribution < -0.4 is 14.8 Å². The van der Waals surface area contributed by atoms with Gasteiger partial charge in [-0.1, -0.05) is 0 Å². The fourth-order valence-corrected chi connectivity index (χ4v) is 2.17. The molecule has 0 bridgehead atoms. The van der Waals surface area contributed by atoms with Crippen molar-refractivity contribution >= 4 is 33.3 Å². The summed E-state index contributed by atoms with van der Waals surface area (Å²) >= 11 is 0. The van der Waals surface area contributed by atoms with E-state index >= 15 is 0 Å². The Hall–Kier alpha value is -2.29. The Balaban J connectivity index is 3.47. The monoisotopic (exact) mass is 316 g/mol. The molecule has 1 amide bonds. The second-order valence-corrected chi connectivity index (χ2v) is 5.89. The molecule has 116 valence electrons. The van der Waals surface area contributed by atoms with Gasteiger partial charge in [0.2, 0.25) is 15.9 Å². The molecule has 0 aliphatic carbocycles. The van der Waals surface area contributed by atoms with Crippen LogP contribution in [0.25, 0.3) is 0 Å². The van der Waals surface area contributed by atoms with Crippen LogP contribution in [0, 0.1) is 0 Å². The summed E-state index contributed by atoms with van der Waals surface area (Å²) in [5, 5.41) is 2.48. The molecule has 8 nitrogen and oxygen atoms in total. The second-order valence-electron chi connectivity index (χ2n) is 4.15. The summed E-state index contributed by atoms with van der Waals surface area (Å²) in [4.78, 5) is 22.9. The van der Waals surface area contributed by atoms with Gasteiger partial charge in [0.15, 0.2) is 0 Å². The third-order valence-electron chi connectivity index (χ3n) is 2.35. The lowest BCUT2D eigenvalue weighted by molar-refractivity contribution is -0.114. The number of hydrogen-bond acceptors (Lipinski definition) is 6. The Morgan fingerprint density at radius 3 is 2.19 bits per heavy atom. The lowest BCUT2D eigenvalue weighted by Crippen LogP contribution is -2.15. The molecule has 0 saturated carbocycles. The molecule has 2 N–H and O–H groups in total. The first-order chi connectivity index (χ1) is 9.67. The van der Waals surface area contributed by atoms with Gasteiger partial charge in [0.1, 0.15) is 5.75 Å². The van der Waals surface area contributed by atoms with Crippen LogP contribution in [0.5, 0.6) is 5.75 Å². The predicted molar refractivity (Wildman–Crippen MR) is 77.1 cm³/mol. The maximum atomic E-state index is 11.7. The second kappa shape index (κ2) is 6.44. The average Bonchev–Trinajstić information content (AvgIpc) is 2.36. The molecule has 0 spiro atoms. The van der Waals surface area contributed by atoms with Crippen molar-refractivity contribution in [1.82, 2.24) is 0 Å².